The molecule has 0 bridgehead atoms. The molecule has 2 aliphatic rings. The summed E-state index contributed by atoms with van der Waals surface area (Å²) in [5.74, 6) is 6.51. The van der Waals surface area contributed by atoms with Crippen LogP contribution in [0.1, 0.15) is 36.6 Å². The lowest BCUT2D eigenvalue weighted by molar-refractivity contribution is 0.0973. The summed E-state index contributed by atoms with van der Waals surface area (Å²) in [5, 5.41) is 16.7. The van der Waals surface area contributed by atoms with Crippen LogP contribution in [0.4, 0.5) is 5.95 Å². The largest absolute Gasteiger partial charge is 0.376 e. The Morgan fingerprint density at radius 2 is 1.97 bits per heavy atom. The molecular weight excluding hydrogens is 418 g/mol. The van der Waals surface area contributed by atoms with Crippen molar-refractivity contribution >= 4 is 17.0 Å². The van der Waals surface area contributed by atoms with E-state index in [1.807, 2.05) is 13.0 Å². The minimum atomic E-state index is -0.212. The van der Waals surface area contributed by atoms with Crippen molar-refractivity contribution in [1.29, 1.82) is 5.26 Å². The van der Waals surface area contributed by atoms with Crippen molar-refractivity contribution in [3.8, 4) is 17.9 Å². The van der Waals surface area contributed by atoms with Gasteiger partial charge in [0, 0.05) is 37.2 Å². The zero-order valence-electron chi connectivity index (χ0n) is 18.6. The first kappa shape index (κ1) is 21.2. The molecule has 3 aromatic rings. The molecule has 0 unspecified atom stereocenters. The van der Waals surface area contributed by atoms with Crippen molar-refractivity contribution in [2.45, 2.75) is 31.9 Å². The molecule has 9 nitrogen and oxygen atoms in total. The highest BCUT2D eigenvalue weighted by atomic mass is 16.5. The van der Waals surface area contributed by atoms with Crippen molar-refractivity contribution in [3.63, 3.8) is 0 Å². The van der Waals surface area contributed by atoms with E-state index in [2.05, 4.69) is 38.0 Å². The molecule has 2 fully saturated rings. The van der Waals surface area contributed by atoms with E-state index in [1.165, 1.54) is 0 Å². The fourth-order valence-corrected chi connectivity index (χ4v) is 4.86. The molecule has 168 valence electrons. The Balaban J connectivity index is 1.45. The number of rotatable bonds is 1. The molecule has 5 rings (SSSR count). The Morgan fingerprint density at radius 3 is 2.64 bits per heavy atom. The fourth-order valence-electron chi connectivity index (χ4n) is 4.86. The molecule has 2 aromatic heterocycles. The van der Waals surface area contributed by atoms with E-state index in [-0.39, 0.29) is 23.1 Å². The summed E-state index contributed by atoms with van der Waals surface area (Å²) in [7, 11) is 1.72. The van der Waals surface area contributed by atoms with Gasteiger partial charge in [0.05, 0.1) is 18.3 Å². The van der Waals surface area contributed by atoms with Gasteiger partial charge in [-0.05, 0) is 37.8 Å². The third-order valence-corrected chi connectivity index (χ3v) is 7.03. The standard InChI is InChI=1S/C24H25N7O2/c1-15-20(26)24(14-33-15)9-11-31(12-10-24)23-27-21-19(22(32)30(23)2)18(28-29-21)8-7-16-5-3-4-6-17(16)13-25/h3-6,15,20H,9-12,14,26H2,1-2H3,(H,28,29)/t15-,20+/m0/s1. The lowest BCUT2D eigenvalue weighted by atomic mass is 9.73. The van der Waals surface area contributed by atoms with Gasteiger partial charge in [0.1, 0.15) is 17.1 Å². The first-order valence-electron chi connectivity index (χ1n) is 11.0. The number of piperidine rings is 1. The van der Waals surface area contributed by atoms with Crippen LogP contribution in [0.2, 0.25) is 0 Å². The highest BCUT2D eigenvalue weighted by molar-refractivity contribution is 5.81. The number of hydrogen-bond acceptors (Lipinski definition) is 7. The van der Waals surface area contributed by atoms with Crippen LogP contribution in [0.15, 0.2) is 29.1 Å². The monoisotopic (exact) mass is 443 g/mol. The van der Waals surface area contributed by atoms with Crippen LogP contribution < -0.4 is 16.2 Å². The van der Waals surface area contributed by atoms with Gasteiger partial charge in [-0.3, -0.25) is 14.5 Å². The maximum Gasteiger partial charge on any atom is 0.267 e. The van der Waals surface area contributed by atoms with Crippen LogP contribution in [-0.4, -0.2) is 51.6 Å². The molecule has 2 saturated heterocycles. The maximum atomic E-state index is 13.2. The third kappa shape index (κ3) is 3.46. The van der Waals surface area contributed by atoms with Gasteiger partial charge < -0.3 is 15.4 Å². The van der Waals surface area contributed by atoms with E-state index >= 15 is 0 Å². The molecule has 3 N–H and O–H groups in total. The second kappa shape index (κ2) is 8.04. The number of aromatic amines is 1. The summed E-state index contributed by atoms with van der Waals surface area (Å²) in [6.07, 6.45) is 1.85. The molecule has 0 radical (unpaired) electrons. The molecule has 1 spiro atoms. The average molecular weight is 444 g/mol. The van der Waals surface area contributed by atoms with Crippen molar-refractivity contribution in [1.82, 2.24) is 19.7 Å². The number of benzene rings is 1. The fraction of sp³-hybridized carbons (Fsp3) is 0.417. The number of anilines is 1. The molecule has 1 aromatic carbocycles. The van der Waals surface area contributed by atoms with Crippen LogP contribution in [0.3, 0.4) is 0 Å². The Hall–Kier alpha value is -3.66. The van der Waals surface area contributed by atoms with E-state index < -0.39 is 0 Å². The predicted molar refractivity (Wildman–Crippen MR) is 124 cm³/mol. The topological polar surface area (TPSA) is 126 Å². The number of nitrogens with zero attached hydrogens (tertiary/aromatic N) is 5. The van der Waals surface area contributed by atoms with Crippen LogP contribution in [0.25, 0.3) is 11.0 Å². The summed E-state index contributed by atoms with van der Waals surface area (Å²) < 4.78 is 7.37. The van der Waals surface area contributed by atoms with Gasteiger partial charge >= 0.3 is 0 Å². The van der Waals surface area contributed by atoms with Gasteiger partial charge in [-0.25, -0.2) is 0 Å². The number of nitrogens with one attached hydrogen (secondary N) is 1. The summed E-state index contributed by atoms with van der Waals surface area (Å²) >= 11 is 0. The second-order valence-corrected chi connectivity index (χ2v) is 8.87. The first-order chi connectivity index (χ1) is 15.9. The second-order valence-electron chi connectivity index (χ2n) is 8.87. The van der Waals surface area contributed by atoms with E-state index in [4.69, 9.17) is 10.5 Å². The van der Waals surface area contributed by atoms with Gasteiger partial charge in [-0.1, -0.05) is 18.1 Å². The first-order valence-corrected chi connectivity index (χ1v) is 11.0. The molecule has 0 saturated carbocycles. The summed E-state index contributed by atoms with van der Waals surface area (Å²) in [5.41, 5.74) is 8.01. The third-order valence-electron chi connectivity index (χ3n) is 7.03. The molecule has 4 heterocycles. The Kier molecular flexibility index (Phi) is 5.16. The SMILES string of the molecule is C[C@@H]1OCC2(CCN(c3nc4n[nH]c(C#Cc5ccccc5C#N)c4c(=O)n3C)CC2)[C@@H]1N. The van der Waals surface area contributed by atoms with Crippen LogP contribution in [0.5, 0.6) is 0 Å². The smallest absolute Gasteiger partial charge is 0.267 e. The highest BCUT2D eigenvalue weighted by Crippen LogP contribution is 2.41. The van der Waals surface area contributed by atoms with E-state index in [0.717, 1.165) is 25.9 Å². The quantitative estimate of drug-likeness (QED) is 0.542. The summed E-state index contributed by atoms with van der Waals surface area (Å²) in [6, 6.07) is 9.22. The number of hydrogen-bond donors (Lipinski definition) is 2. The van der Waals surface area contributed by atoms with Gasteiger partial charge in [-0.15, -0.1) is 0 Å². The molecule has 2 aliphatic heterocycles. The van der Waals surface area contributed by atoms with Gasteiger partial charge in [-0.2, -0.15) is 15.3 Å². The molecule has 9 heteroatoms. The normalized spacial score (nSPS) is 21.7. The van der Waals surface area contributed by atoms with Crippen molar-refractivity contribution < 1.29 is 4.74 Å². The lowest BCUT2D eigenvalue weighted by Gasteiger charge is -2.41. The van der Waals surface area contributed by atoms with E-state index in [1.54, 1.807) is 29.8 Å². The average Bonchev–Trinajstić information content (AvgIpc) is 3.37. The minimum absolute atomic E-state index is 0.00625. The molecule has 0 aliphatic carbocycles. The number of aromatic nitrogens is 4. The number of ether oxygens (including phenoxy) is 1. The van der Waals surface area contributed by atoms with E-state index in [0.29, 0.717) is 40.4 Å². The van der Waals surface area contributed by atoms with Gasteiger partial charge in [0.25, 0.3) is 5.56 Å². The van der Waals surface area contributed by atoms with Crippen LogP contribution in [0, 0.1) is 28.6 Å². The van der Waals surface area contributed by atoms with Gasteiger partial charge in [0.2, 0.25) is 5.95 Å². The Morgan fingerprint density at radius 1 is 1.24 bits per heavy atom. The highest BCUT2D eigenvalue weighted by Gasteiger charge is 2.47. The van der Waals surface area contributed by atoms with Crippen LogP contribution >= 0.6 is 0 Å². The molecule has 0 amide bonds. The number of nitrogens with two attached hydrogens (primary N) is 1. The van der Waals surface area contributed by atoms with E-state index in [9.17, 15) is 10.1 Å². The minimum Gasteiger partial charge on any atom is -0.376 e. The van der Waals surface area contributed by atoms with Crippen LogP contribution in [-0.2, 0) is 11.8 Å². The zero-order chi connectivity index (χ0) is 23.2. The van der Waals surface area contributed by atoms with Crippen molar-refractivity contribution in [3.05, 3.63) is 51.4 Å². The zero-order valence-corrected chi connectivity index (χ0v) is 18.6. The number of fused-ring (bicyclic) bond motifs is 1. The number of nitriles is 1. The van der Waals surface area contributed by atoms with Crippen molar-refractivity contribution in [2.24, 2.45) is 18.2 Å². The molecule has 33 heavy (non-hydrogen) atoms. The summed E-state index contributed by atoms with van der Waals surface area (Å²) in [6.45, 7) is 4.21. The number of H-pyrrole nitrogens is 1. The lowest BCUT2D eigenvalue weighted by Crippen LogP contribution is -2.51. The van der Waals surface area contributed by atoms with Gasteiger partial charge in [0.15, 0.2) is 5.65 Å². The summed E-state index contributed by atoms with van der Waals surface area (Å²) in [4.78, 5) is 20.0. The van der Waals surface area contributed by atoms with Crippen molar-refractivity contribution in [2.75, 3.05) is 24.6 Å². The predicted octanol–water partition coefficient (Wildman–Crippen LogP) is 1.26. The molecular formula is C24H25N7O2. The molecule has 2 atom stereocenters. The Bertz CT molecular complexity index is 1380. The maximum absolute atomic E-state index is 13.2. The Labute approximate surface area is 191 Å².